The van der Waals surface area contributed by atoms with Crippen molar-refractivity contribution in [3.63, 3.8) is 0 Å². The Morgan fingerprint density at radius 1 is 1.12 bits per heavy atom. The van der Waals surface area contributed by atoms with Crippen LogP contribution in [0.1, 0.15) is 0 Å². The number of aromatic nitrogens is 3. The van der Waals surface area contributed by atoms with Gasteiger partial charge in [-0.25, -0.2) is 9.97 Å². The van der Waals surface area contributed by atoms with Crippen LogP contribution in [-0.2, 0) is 0 Å². The van der Waals surface area contributed by atoms with Gasteiger partial charge in [-0.1, -0.05) is 18.2 Å². The Morgan fingerprint density at radius 3 is 2.75 bits per heavy atom. The minimum absolute atomic E-state index is 0.918. The van der Waals surface area contributed by atoms with Gasteiger partial charge in [0, 0.05) is 25.0 Å². The maximum atomic E-state index is 4.34. The molecule has 1 N–H and O–H groups in total. The molecule has 0 fully saturated rings. The molecule has 0 aliphatic rings. The molecule has 0 unspecified atom stereocenters. The molecule has 0 saturated heterocycles. The number of aromatic amines is 1. The van der Waals surface area contributed by atoms with Gasteiger partial charge in [0.25, 0.3) is 0 Å². The van der Waals surface area contributed by atoms with E-state index in [0.717, 1.165) is 27.8 Å². The monoisotopic (exact) mass is 212 g/mol. The number of nitrogens with one attached hydrogen (secondary N) is 1. The molecule has 0 spiro atoms. The third-order valence-electron chi connectivity index (χ3n) is 2.69. The summed E-state index contributed by atoms with van der Waals surface area (Å²) in [5.41, 5.74) is 3.07. The number of nitrogens with zero attached hydrogens (tertiary/aromatic N) is 3. The summed E-state index contributed by atoms with van der Waals surface area (Å²) in [5, 5.41) is 1.14. The van der Waals surface area contributed by atoms with Gasteiger partial charge in [-0.3, -0.25) is 0 Å². The van der Waals surface area contributed by atoms with Gasteiger partial charge in [0.2, 0.25) is 0 Å². The molecule has 0 aliphatic heterocycles. The lowest BCUT2D eigenvalue weighted by Crippen LogP contribution is -2.11. The van der Waals surface area contributed by atoms with Crippen LogP contribution in [-0.4, -0.2) is 29.0 Å². The average Bonchev–Trinajstić information content (AvgIpc) is 2.67. The van der Waals surface area contributed by atoms with Gasteiger partial charge in [-0.05, 0) is 6.07 Å². The molecule has 16 heavy (non-hydrogen) atoms. The summed E-state index contributed by atoms with van der Waals surface area (Å²) in [5.74, 6) is 0.918. The topological polar surface area (TPSA) is 44.8 Å². The lowest BCUT2D eigenvalue weighted by molar-refractivity contribution is 1.06. The largest absolute Gasteiger partial charge is 0.361 e. The second-order valence-electron chi connectivity index (χ2n) is 3.99. The van der Waals surface area contributed by atoms with Crippen LogP contribution in [0.25, 0.3) is 21.9 Å². The van der Waals surface area contributed by atoms with Crippen molar-refractivity contribution in [2.24, 2.45) is 0 Å². The fourth-order valence-electron chi connectivity index (χ4n) is 1.97. The Labute approximate surface area is 92.9 Å². The number of fused-ring (bicyclic) bond motifs is 3. The normalized spacial score (nSPS) is 11.1. The first kappa shape index (κ1) is 9.15. The highest BCUT2D eigenvalue weighted by Gasteiger charge is 2.10. The van der Waals surface area contributed by atoms with E-state index in [1.54, 1.807) is 6.33 Å². The Balaban J connectivity index is 2.49. The van der Waals surface area contributed by atoms with E-state index >= 15 is 0 Å². The number of benzene rings is 1. The Bertz CT molecular complexity index is 654. The van der Waals surface area contributed by atoms with Gasteiger partial charge in [-0.15, -0.1) is 0 Å². The molecule has 0 atom stereocenters. The molecule has 4 heteroatoms. The fourth-order valence-corrected chi connectivity index (χ4v) is 1.97. The molecule has 0 amide bonds. The van der Waals surface area contributed by atoms with E-state index in [1.807, 2.05) is 31.1 Å². The molecule has 3 aromatic rings. The van der Waals surface area contributed by atoms with Crippen LogP contribution in [0.3, 0.4) is 0 Å². The van der Waals surface area contributed by atoms with E-state index < -0.39 is 0 Å². The van der Waals surface area contributed by atoms with Gasteiger partial charge < -0.3 is 9.88 Å². The first-order chi connectivity index (χ1) is 7.77. The van der Waals surface area contributed by atoms with Crippen LogP contribution >= 0.6 is 0 Å². The van der Waals surface area contributed by atoms with Crippen molar-refractivity contribution in [3.8, 4) is 0 Å². The van der Waals surface area contributed by atoms with Crippen molar-refractivity contribution in [1.82, 2.24) is 15.0 Å². The lowest BCUT2D eigenvalue weighted by atomic mass is 10.2. The highest BCUT2D eigenvalue weighted by Crippen LogP contribution is 2.27. The summed E-state index contributed by atoms with van der Waals surface area (Å²) in [7, 11) is 3.96. The summed E-state index contributed by atoms with van der Waals surface area (Å²) in [4.78, 5) is 14.0. The van der Waals surface area contributed by atoms with Crippen molar-refractivity contribution in [2.45, 2.75) is 0 Å². The quantitative estimate of drug-likeness (QED) is 0.672. The molecule has 2 heterocycles. The van der Waals surface area contributed by atoms with Crippen LogP contribution in [0, 0.1) is 0 Å². The molecular formula is C12H12N4. The first-order valence-corrected chi connectivity index (χ1v) is 5.16. The summed E-state index contributed by atoms with van der Waals surface area (Å²) >= 11 is 0. The van der Waals surface area contributed by atoms with Crippen molar-refractivity contribution in [1.29, 1.82) is 0 Å². The van der Waals surface area contributed by atoms with Gasteiger partial charge in [0.05, 0.1) is 0 Å². The second kappa shape index (κ2) is 3.20. The highest BCUT2D eigenvalue weighted by molar-refractivity contribution is 6.07. The zero-order valence-corrected chi connectivity index (χ0v) is 9.23. The SMILES string of the molecule is CN(C)c1ncnc2c1[nH]c1ccccc12. The highest BCUT2D eigenvalue weighted by atomic mass is 15.2. The molecule has 0 saturated carbocycles. The van der Waals surface area contributed by atoms with Crippen LogP contribution in [0.5, 0.6) is 0 Å². The zero-order chi connectivity index (χ0) is 11.1. The molecule has 0 radical (unpaired) electrons. The smallest absolute Gasteiger partial charge is 0.155 e. The fraction of sp³-hybridized carbons (Fsp3) is 0.167. The molecular weight excluding hydrogens is 200 g/mol. The lowest BCUT2D eigenvalue weighted by Gasteiger charge is -2.10. The van der Waals surface area contributed by atoms with Crippen molar-refractivity contribution in [3.05, 3.63) is 30.6 Å². The van der Waals surface area contributed by atoms with Crippen molar-refractivity contribution < 1.29 is 0 Å². The molecule has 80 valence electrons. The van der Waals surface area contributed by atoms with E-state index in [0.29, 0.717) is 0 Å². The van der Waals surface area contributed by atoms with Gasteiger partial charge in [0.15, 0.2) is 5.82 Å². The maximum Gasteiger partial charge on any atom is 0.155 e. The number of hydrogen-bond acceptors (Lipinski definition) is 3. The van der Waals surface area contributed by atoms with E-state index in [2.05, 4.69) is 27.1 Å². The Kier molecular flexibility index (Phi) is 1.83. The van der Waals surface area contributed by atoms with Crippen LogP contribution in [0.2, 0.25) is 0 Å². The van der Waals surface area contributed by atoms with E-state index in [-0.39, 0.29) is 0 Å². The number of H-pyrrole nitrogens is 1. The summed E-state index contributed by atoms with van der Waals surface area (Å²) in [6, 6.07) is 8.16. The number of para-hydroxylation sites is 1. The standard InChI is InChI=1S/C12H12N4/c1-16(2)12-11-10(13-7-14-12)8-5-3-4-6-9(8)15-11/h3-7,15H,1-2H3. The molecule has 4 nitrogen and oxygen atoms in total. The van der Waals surface area contributed by atoms with Crippen LogP contribution < -0.4 is 4.90 Å². The Morgan fingerprint density at radius 2 is 1.94 bits per heavy atom. The van der Waals surface area contributed by atoms with E-state index in [1.165, 1.54) is 0 Å². The van der Waals surface area contributed by atoms with Crippen LogP contribution in [0.4, 0.5) is 5.82 Å². The van der Waals surface area contributed by atoms with Gasteiger partial charge in [-0.2, -0.15) is 0 Å². The minimum Gasteiger partial charge on any atom is -0.361 e. The van der Waals surface area contributed by atoms with Gasteiger partial charge >= 0.3 is 0 Å². The summed E-state index contributed by atoms with van der Waals surface area (Å²) < 4.78 is 0. The minimum atomic E-state index is 0.918. The number of rotatable bonds is 1. The van der Waals surface area contributed by atoms with E-state index in [9.17, 15) is 0 Å². The van der Waals surface area contributed by atoms with E-state index in [4.69, 9.17) is 0 Å². The number of hydrogen-bond donors (Lipinski definition) is 1. The molecule has 0 aliphatic carbocycles. The maximum absolute atomic E-state index is 4.34. The zero-order valence-electron chi connectivity index (χ0n) is 9.23. The van der Waals surface area contributed by atoms with Crippen molar-refractivity contribution in [2.75, 3.05) is 19.0 Å². The van der Waals surface area contributed by atoms with Gasteiger partial charge in [0.1, 0.15) is 17.4 Å². The molecule has 3 rings (SSSR count). The molecule has 0 bridgehead atoms. The second-order valence-corrected chi connectivity index (χ2v) is 3.99. The summed E-state index contributed by atoms with van der Waals surface area (Å²) in [6.07, 6.45) is 1.61. The Hall–Kier alpha value is -2.10. The predicted molar refractivity (Wildman–Crippen MR) is 65.7 cm³/mol. The average molecular weight is 212 g/mol. The van der Waals surface area contributed by atoms with Crippen LogP contribution in [0.15, 0.2) is 30.6 Å². The first-order valence-electron chi connectivity index (χ1n) is 5.16. The van der Waals surface area contributed by atoms with Crippen molar-refractivity contribution >= 4 is 27.8 Å². The predicted octanol–water partition coefficient (Wildman–Crippen LogP) is 2.18. The number of anilines is 1. The molecule has 1 aromatic carbocycles. The molecule has 2 aromatic heterocycles. The summed E-state index contributed by atoms with van der Waals surface area (Å²) in [6.45, 7) is 0. The third-order valence-corrected chi connectivity index (χ3v) is 2.69. The third kappa shape index (κ3) is 1.16.